The van der Waals surface area contributed by atoms with Crippen LogP contribution in [0, 0.1) is 5.92 Å². The van der Waals surface area contributed by atoms with Crippen LogP contribution in [0.1, 0.15) is 34.0 Å². The van der Waals surface area contributed by atoms with Crippen LogP contribution in [0.15, 0.2) is 178 Å². The molecule has 0 saturated carbocycles. The number of aliphatic imine (C=N–C) groups is 2. The average molecular weight is 1400 g/mol. The number of β-lactam (4-membered cyclic amide) rings is 2. The van der Waals surface area contributed by atoms with E-state index in [2.05, 4.69) is 20.0 Å². The summed E-state index contributed by atoms with van der Waals surface area (Å²) < 4.78 is 19.5. The van der Waals surface area contributed by atoms with Gasteiger partial charge in [-0.05, 0) is 93.7 Å². The number of amides is 2. The molecule has 2 fully saturated rings. The minimum atomic E-state index is -1.41. The van der Waals surface area contributed by atoms with E-state index < -0.39 is 58.8 Å². The van der Waals surface area contributed by atoms with Crippen molar-refractivity contribution in [1.29, 1.82) is 0 Å². The van der Waals surface area contributed by atoms with Gasteiger partial charge in [0, 0.05) is 66.6 Å². The van der Waals surface area contributed by atoms with E-state index in [1.165, 1.54) is 86.6 Å². The lowest BCUT2D eigenvalue weighted by Crippen LogP contribution is -2.74. The third-order valence-electron chi connectivity index (χ3n) is 16.7. The Morgan fingerprint density at radius 3 is 1.57 bits per heavy atom. The Morgan fingerprint density at radius 2 is 1.09 bits per heavy atom. The Kier molecular flexibility index (Phi) is 19.2. The van der Waals surface area contributed by atoms with Gasteiger partial charge in [0.1, 0.15) is 73.1 Å². The maximum absolute atomic E-state index is 13.5. The molecule has 6 atom stereocenters. The lowest BCUT2D eigenvalue weighted by molar-refractivity contribution is -0.186. The van der Waals surface area contributed by atoms with Gasteiger partial charge in [0.05, 0.1) is 31.7 Å². The van der Waals surface area contributed by atoms with Crippen molar-refractivity contribution in [3.8, 4) is 11.5 Å². The fraction of sp³-hybridized carbons (Fsp3) is 0.246. The summed E-state index contributed by atoms with van der Waals surface area (Å²) in [4.78, 5) is 120. The molecule has 488 valence electrons. The van der Waals surface area contributed by atoms with Crippen LogP contribution in [-0.2, 0) is 55.9 Å². The van der Waals surface area contributed by atoms with Crippen LogP contribution >= 0.6 is 69.7 Å². The largest absolute Gasteiger partial charge is 0.490 e. The molecule has 4 N–H and O–H groups in total. The maximum Gasteiger partial charge on any atom is 0.352 e. The number of benzene rings is 6. The number of nitrogens with zero attached hydrogens (tertiary/aromatic N) is 6. The molecule has 2 aromatic heterocycles. The number of carboxylic acids is 4. The highest BCUT2D eigenvalue weighted by Gasteiger charge is 2.66. The molecule has 5 unspecified atom stereocenters. The molecule has 0 bridgehead atoms. The number of ether oxygens (including phenoxy) is 3. The second-order valence-electron chi connectivity index (χ2n) is 22.8. The SMILES string of the molecule is CO[C@@]1(CC(=O)Cc2ccccc2)C(=O)N2C(C(=O)O)=C(/C=C/COc3ccc4c(ccc5nc(C6=NC(C(=O)O)CS6)sc54)c3)CSC21.O=C(Cc1ccccc1)CC1C(=O)N2C(C(=O)O)=C(/C=C/COc3ccc4c(ccc5nc(C6=NC(C(=O)O)CS6)sc54)c3)CSC12. The number of hydrogen-bond donors (Lipinski definition) is 4. The van der Waals surface area contributed by atoms with Gasteiger partial charge in [-0.15, -0.1) is 69.7 Å². The predicted molar refractivity (Wildman–Crippen MR) is 373 cm³/mol. The van der Waals surface area contributed by atoms with Gasteiger partial charge < -0.3 is 34.6 Å². The fourth-order valence-electron chi connectivity index (χ4n) is 12.0. The maximum atomic E-state index is 13.5. The molecule has 6 aromatic carbocycles. The number of fused-ring (bicyclic) bond motifs is 8. The molecule has 0 aliphatic carbocycles. The monoisotopic (exact) mass is 1400 g/mol. The van der Waals surface area contributed by atoms with Crippen LogP contribution in [-0.4, -0.2) is 169 Å². The number of carbonyl (C=O) groups is 8. The number of ketones is 2. The number of thioether (sulfide) groups is 4. The van der Waals surface area contributed by atoms with Gasteiger partial charge in [-0.1, -0.05) is 84.9 Å². The van der Waals surface area contributed by atoms with E-state index in [0.717, 1.165) is 53.1 Å². The van der Waals surface area contributed by atoms with Crippen LogP contribution in [0.3, 0.4) is 0 Å². The molecule has 96 heavy (non-hydrogen) atoms. The zero-order valence-electron chi connectivity index (χ0n) is 50.7. The van der Waals surface area contributed by atoms with Crippen LogP contribution in [0.5, 0.6) is 11.5 Å². The molecule has 14 rings (SSSR count). The van der Waals surface area contributed by atoms with E-state index in [1.54, 1.807) is 24.3 Å². The number of allylic oxidation sites excluding steroid dienone is 2. The van der Waals surface area contributed by atoms with Crippen molar-refractivity contribution in [3.63, 3.8) is 0 Å². The summed E-state index contributed by atoms with van der Waals surface area (Å²) in [6.07, 6.45) is 7.16. The molecule has 21 nitrogen and oxygen atoms in total. The molecular formula is C69H56N6O15S6. The van der Waals surface area contributed by atoms with Crippen molar-refractivity contribution in [3.05, 3.63) is 189 Å². The quantitative estimate of drug-likeness (QED) is 0.0433. The normalized spacial score (nSPS) is 21.4. The van der Waals surface area contributed by atoms with E-state index in [-0.39, 0.29) is 73.1 Å². The number of aromatic nitrogens is 2. The Bertz CT molecular complexity index is 4740. The number of Topliss-reactive ketones (excluding diaryl/α,β-unsaturated/α-hetero) is 2. The Balaban J connectivity index is 0.000000174. The highest BCUT2D eigenvalue weighted by atomic mass is 32.2. The van der Waals surface area contributed by atoms with Gasteiger partial charge in [-0.3, -0.25) is 39.0 Å². The molecule has 8 aromatic rings. The standard InChI is InChI=1S/C35H29N3O8S3.C34H27N3O7S3/c1-45-35(16-22(39)14-19-6-3-2-4-7-19)33(44)38-27(32(42)43)21(17-48-34(35)38)8-5-13-46-23-10-11-24-20(15-23)9-12-25-28(24)49-30(36-25)29-37-26(18-47-29)31(40)41;38-21(13-18-5-2-1-3-6-18)15-24-31(39)37-27(34(42)43)20(16-46-32(24)37)7-4-12-44-22-9-10-23-19(14-22)8-11-25-28(23)47-30(35-25)29-36-26(17-45-29)33(40)41/h2-12,15,26,34H,13-14,16-18H2,1H3,(H,40,41)(H,42,43);1-11,14,24,26,32H,12-13,15-17H2,(H,40,41)(H,42,43)/b8-5+;7-4+/t26?,34?,35-;/m0./s1. The van der Waals surface area contributed by atoms with Crippen molar-refractivity contribution in [1.82, 2.24) is 19.8 Å². The van der Waals surface area contributed by atoms with E-state index in [4.69, 9.17) is 14.2 Å². The minimum absolute atomic E-state index is 0.0396. The topological polar surface area (TPSA) is 302 Å². The highest BCUT2D eigenvalue weighted by molar-refractivity contribution is 8.15. The molecule has 6 aliphatic rings. The van der Waals surface area contributed by atoms with Gasteiger partial charge in [-0.2, -0.15) is 0 Å². The Hall–Kier alpha value is -8.96. The summed E-state index contributed by atoms with van der Waals surface area (Å²) in [5.74, 6) is -3.10. The summed E-state index contributed by atoms with van der Waals surface area (Å²) in [7, 11) is 1.38. The smallest absolute Gasteiger partial charge is 0.352 e. The number of rotatable bonds is 23. The molecule has 2 amide bonds. The molecule has 8 heterocycles. The highest BCUT2D eigenvalue weighted by Crippen LogP contribution is 2.50. The first-order chi connectivity index (χ1) is 46.4. The van der Waals surface area contributed by atoms with Gasteiger partial charge in [0.2, 0.25) is 5.91 Å². The number of aliphatic carboxylic acids is 4. The predicted octanol–water partition coefficient (Wildman–Crippen LogP) is 10.6. The fourth-order valence-corrected chi connectivity index (χ4v) is 19.3. The summed E-state index contributed by atoms with van der Waals surface area (Å²) in [5, 5.41) is 44.2. The molecule has 27 heteroatoms. The number of carbonyl (C=O) groups excluding carboxylic acids is 4. The first-order valence-corrected chi connectivity index (χ1v) is 35.8. The van der Waals surface area contributed by atoms with Crippen molar-refractivity contribution in [2.24, 2.45) is 15.9 Å². The van der Waals surface area contributed by atoms with E-state index >= 15 is 0 Å². The zero-order valence-corrected chi connectivity index (χ0v) is 55.6. The second-order valence-corrected chi connectivity index (χ2v) is 29.0. The summed E-state index contributed by atoms with van der Waals surface area (Å²) in [5.41, 5.74) is 2.76. The zero-order chi connectivity index (χ0) is 66.9. The number of thiazole rings is 2. The molecule has 2 saturated heterocycles. The molecular weight excluding hydrogens is 1350 g/mol. The lowest BCUT2D eigenvalue weighted by atomic mass is 9.84. The molecule has 0 spiro atoms. The average Bonchev–Trinajstić information content (AvgIpc) is 0.828. The van der Waals surface area contributed by atoms with Gasteiger partial charge in [-0.25, -0.2) is 29.1 Å². The van der Waals surface area contributed by atoms with Gasteiger partial charge in [0.15, 0.2) is 17.7 Å². The van der Waals surface area contributed by atoms with Crippen LogP contribution in [0.2, 0.25) is 0 Å². The minimum Gasteiger partial charge on any atom is -0.490 e. The third-order valence-corrected chi connectivity index (χ3v) is 24.0. The lowest BCUT2D eigenvalue weighted by Gasteiger charge is -2.56. The number of carboxylic acid groups (broad SMARTS) is 4. The Morgan fingerprint density at radius 1 is 0.604 bits per heavy atom. The van der Waals surface area contributed by atoms with Crippen molar-refractivity contribution < 1.29 is 73.0 Å². The molecule has 6 aliphatic heterocycles. The molecule has 0 radical (unpaired) electrons. The Labute approximate surface area is 572 Å². The number of hydrogen-bond acceptors (Lipinski definition) is 21. The van der Waals surface area contributed by atoms with Crippen molar-refractivity contribution >= 4 is 169 Å². The van der Waals surface area contributed by atoms with Gasteiger partial charge in [0.25, 0.3) is 5.91 Å². The van der Waals surface area contributed by atoms with Crippen molar-refractivity contribution in [2.45, 2.75) is 54.1 Å². The first-order valence-electron chi connectivity index (χ1n) is 30.1. The first kappa shape index (κ1) is 65.7. The summed E-state index contributed by atoms with van der Waals surface area (Å²) >= 11 is 8.61. The van der Waals surface area contributed by atoms with E-state index in [9.17, 15) is 58.8 Å². The van der Waals surface area contributed by atoms with Crippen LogP contribution in [0.4, 0.5) is 0 Å². The van der Waals surface area contributed by atoms with Crippen molar-refractivity contribution in [2.75, 3.05) is 43.3 Å². The third kappa shape index (κ3) is 13.2. The van der Waals surface area contributed by atoms with E-state index in [1.807, 2.05) is 121 Å². The van der Waals surface area contributed by atoms with Gasteiger partial charge >= 0.3 is 23.9 Å². The summed E-state index contributed by atoms with van der Waals surface area (Å²) in [6, 6.07) is 36.3. The second kappa shape index (κ2) is 28.0. The van der Waals surface area contributed by atoms with E-state index in [0.29, 0.717) is 65.8 Å². The van der Waals surface area contributed by atoms with Crippen LogP contribution < -0.4 is 9.47 Å². The summed E-state index contributed by atoms with van der Waals surface area (Å²) in [6.45, 7) is 0.351. The van der Waals surface area contributed by atoms with Crippen LogP contribution in [0.25, 0.3) is 42.0 Å². The number of methoxy groups -OCH3 is 1.